The van der Waals surface area contributed by atoms with Crippen LogP contribution in [0.4, 0.5) is 10.1 Å². The fourth-order valence-electron chi connectivity index (χ4n) is 2.40. The predicted molar refractivity (Wildman–Crippen MR) is 74.9 cm³/mol. The van der Waals surface area contributed by atoms with Gasteiger partial charge in [-0.1, -0.05) is 13.0 Å². The van der Waals surface area contributed by atoms with E-state index in [9.17, 15) is 14.0 Å². The SMILES string of the molecule is CCC(C)NC(=O)C1(C)CC(=O)Nc2cc(F)ccc21. The molecule has 2 atom stereocenters. The first-order valence-electron chi connectivity index (χ1n) is 6.77. The Bertz CT molecular complexity index is 559. The van der Waals surface area contributed by atoms with Gasteiger partial charge in [-0.25, -0.2) is 4.39 Å². The monoisotopic (exact) mass is 278 g/mol. The predicted octanol–water partition coefficient (Wildman–Crippen LogP) is 2.34. The average molecular weight is 278 g/mol. The van der Waals surface area contributed by atoms with Crippen LogP contribution in [-0.2, 0) is 15.0 Å². The van der Waals surface area contributed by atoms with Gasteiger partial charge >= 0.3 is 0 Å². The van der Waals surface area contributed by atoms with Gasteiger partial charge in [-0.15, -0.1) is 0 Å². The summed E-state index contributed by atoms with van der Waals surface area (Å²) in [7, 11) is 0. The first kappa shape index (κ1) is 14.5. The van der Waals surface area contributed by atoms with Crippen molar-refractivity contribution in [2.75, 3.05) is 5.32 Å². The Morgan fingerprint density at radius 2 is 2.25 bits per heavy atom. The zero-order valence-electron chi connectivity index (χ0n) is 11.9. The molecular weight excluding hydrogens is 259 g/mol. The number of halogens is 1. The van der Waals surface area contributed by atoms with Crippen molar-refractivity contribution in [3.05, 3.63) is 29.6 Å². The van der Waals surface area contributed by atoms with Crippen molar-refractivity contribution in [1.82, 2.24) is 5.32 Å². The number of benzene rings is 1. The maximum absolute atomic E-state index is 13.3. The number of nitrogens with one attached hydrogen (secondary N) is 2. The number of carbonyl (C=O) groups is 2. The summed E-state index contributed by atoms with van der Waals surface area (Å²) >= 11 is 0. The Morgan fingerprint density at radius 3 is 2.90 bits per heavy atom. The summed E-state index contributed by atoms with van der Waals surface area (Å²) in [5.74, 6) is -0.907. The van der Waals surface area contributed by atoms with Crippen LogP contribution in [0.15, 0.2) is 18.2 Å². The minimum Gasteiger partial charge on any atom is -0.353 e. The summed E-state index contributed by atoms with van der Waals surface area (Å²) in [6, 6.07) is 4.17. The van der Waals surface area contributed by atoms with E-state index in [1.807, 2.05) is 13.8 Å². The van der Waals surface area contributed by atoms with Gasteiger partial charge < -0.3 is 10.6 Å². The van der Waals surface area contributed by atoms with Gasteiger partial charge in [-0.2, -0.15) is 0 Å². The second-order valence-corrected chi connectivity index (χ2v) is 5.53. The second kappa shape index (κ2) is 5.23. The Morgan fingerprint density at radius 1 is 1.55 bits per heavy atom. The number of hydrogen-bond donors (Lipinski definition) is 2. The van der Waals surface area contributed by atoms with E-state index in [2.05, 4.69) is 10.6 Å². The van der Waals surface area contributed by atoms with Gasteiger partial charge in [0.15, 0.2) is 0 Å². The Kier molecular flexibility index (Phi) is 3.79. The number of amides is 2. The van der Waals surface area contributed by atoms with E-state index in [1.54, 1.807) is 13.0 Å². The molecule has 1 aliphatic rings. The Labute approximate surface area is 117 Å². The lowest BCUT2D eigenvalue weighted by atomic mass is 9.75. The maximum Gasteiger partial charge on any atom is 0.231 e. The fraction of sp³-hybridized carbons (Fsp3) is 0.467. The van der Waals surface area contributed by atoms with E-state index in [0.717, 1.165) is 6.42 Å². The molecule has 2 unspecified atom stereocenters. The van der Waals surface area contributed by atoms with E-state index in [-0.39, 0.29) is 24.3 Å². The van der Waals surface area contributed by atoms with Gasteiger partial charge in [0, 0.05) is 18.2 Å². The number of fused-ring (bicyclic) bond motifs is 1. The minimum absolute atomic E-state index is 0.0354. The van der Waals surface area contributed by atoms with Crippen LogP contribution in [0.5, 0.6) is 0 Å². The molecule has 0 aromatic heterocycles. The van der Waals surface area contributed by atoms with E-state index in [1.165, 1.54) is 12.1 Å². The molecule has 1 aromatic carbocycles. The fourth-order valence-corrected chi connectivity index (χ4v) is 2.40. The van der Waals surface area contributed by atoms with Crippen LogP contribution >= 0.6 is 0 Å². The molecule has 1 heterocycles. The molecule has 1 aliphatic heterocycles. The normalized spacial score (nSPS) is 22.7. The van der Waals surface area contributed by atoms with Gasteiger partial charge in [0.2, 0.25) is 11.8 Å². The zero-order valence-corrected chi connectivity index (χ0v) is 11.9. The highest BCUT2D eigenvalue weighted by atomic mass is 19.1. The molecule has 0 saturated carbocycles. The molecule has 0 bridgehead atoms. The molecule has 108 valence electrons. The quantitative estimate of drug-likeness (QED) is 0.891. The highest BCUT2D eigenvalue weighted by Gasteiger charge is 2.42. The van der Waals surface area contributed by atoms with Gasteiger partial charge in [-0.05, 0) is 38.0 Å². The summed E-state index contributed by atoms with van der Waals surface area (Å²) < 4.78 is 13.3. The lowest BCUT2D eigenvalue weighted by Crippen LogP contribution is -2.49. The van der Waals surface area contributed by atoms with Crippen LogP contribution < -0.4 is 10.6 Å². The van der Waals surface area contributed by atoms with E-state index >= 15 is 0 Å². The lowest BCUT2D eigenvalue weighted by Gasteiger charge is -2.35. The molecule has 0 aliphatic carbocycles. The molecule has 2 amide bonds. The molecule has 2 N–H and O–H groups in total. The minimum atomic E-state index is -0.963. The maximum atomic E-state index is 13.3. The zero-order chi connectivity index (χ0) is 14.9. The summed E-state index contributed by atoms with van der Waals surface area (Å²) in [6.45, 7) is 5.61. The third-order valence-corrected chi connectivity index (χ3v) is 3.86. The van der Waals surface area contributed by atoms with Crippen molar-refractivity contribution in [3.63, 3.8) is 0 Å². The third kappa shape index (κ3) is 2.53. The molecule has 5 heteroatoms. The molecule has 2 rings (SSSR count). The van der Waals surface area contributed by atoms with Crippen LogP contribution in [0.3, 0.4) is 0 Å². The van der Waals surface area contributed by atoms with Crippen LogP contribution in [-0.4, -0.2) is 17.9 Å². The van der Waals surface area contributed by atoms with Gasteiger partial charge in [0.25, 0.3) is 0 Å². The highest BCUT2D eigenvalue weighted by Crippen LogP contribution is 2.38. The number of rotatable bonds is 3. The van der Waals surface area contributed by atoms with Crippen molar-refractivity contribution in [1.29, 1.82) is 0 Å². The van der Waals surface area contributed by atoms with Gasteiger partial charge in [0.05, 0.1) is 5.41 Å². The summed E-state index contributed by atoms with van der Waals surface area (Å²) in [4.78, 5) is 24.3. The van der Waals surface area contributed by atoms with Gasteiger partial charge in [0.1, 0.15) is 5.82 Å². The van der Waals surface area contributed by atoms with E-state index in [4.69, 9.17) is 0 Å². The van der Waals surface area contributed by atoms with Crippen LogP contribution in [0.25, 0.3) is 0 Å². The van der Waals surface area contributed by atoms with Crippen LogP contribution in [0.2, 0.25) is 0 Å². The molecule has 0 radical (unpaired) electrons. The largest absolute Gasteiger partial charge is 0.353 e. The molecule has 0 saturated heterocycles. The number of carbonyl (C=O) groups excluding carboxylic acids is 2. The molecular formula is C15H19FN2O2. The topological polar surface area (TPSA) is 58.2 Å². The molecule has 4 nitrogen and oxygen atoms in total. The number of hydrogen-bond acceptors (Lipinski definition) is 2. The van der Waals surface area contributed by atoms with Crippen molar-refractivity contribution in [3.8, 4) is 0 Å². The Hall–Kier alpha value is -1.91. The van der Waals surface area contributed by atoms with Crippen molar-refractivity contribution < 1.29 is 14.0 Å². The second-order valence-electron chi connectivity index (χ2n) is 5.53. The summed E-state index contributed by atoms with van der Waals surface area (Å²) in [5, 5.41) is 5.52. The van der Waals surface area contributed by atoms with Crippen molar-refractivity contribution in [2.45, 2.75) is 45.1 Å². The third-order valence-electron chi connectivity index (χ3n) is 3.86. The summed E-state index contributed by atoms with van der Waals surface area (Å²) in [5.41, 5.74) is 0.0665. The molecule has 20 heavy (non-hydrogen) atoms. The van der Waals surface area contributed by atoms with Crippen LogP contribution in [0, 0.1) is 5.82 Å². The number of anilines is 1. The highest BCUT2D eigenvalue weighted by molar-refractivity contribution is 6.03. The lowest BCUT2D eigenvalue weighted by molar-refractivity contribution is -0.130. The smallest absolute Gasteiger partial charge is 0.231 e. The first-order valence-corrected chi connectivity index (χ1v) is 6.77. The molecule has 0 spiro atoms. The first-order chi connectivity index (χ1) is 9.36. The summed E-state index contributed by atoms with van der Waals surface area (Å²) in [6.07, 6.45) is 0.873. The van der Waals surface area contributed by atoms with E-state index < -0.39 is 11.2 Å². The van der Waals surface area contributed by atoms with Crippen molar-refractivity contribution >= 4 is 17.5 Å². The molecule has 0 fully saturated rings. The molecule has 1 aromatic rings. The standard InChI is InChI=1S/C15H19FN2O2/c1-4-9(2)17-14(20)15(3)8-13(19)18-12-7-10(16)5-6-11(12)15/h5-7,9H,4,8H2,1-3H3,(H,17,20)(H,18,19). The Balaban J connectivity index is 2.41. The van der Waals surface area contributed by atoms with Crippen molar-refractivity contribution in [2.24, 2.45) is 0 Å². The van der Waals surface area contributed by atoms with E-state index in [0.29, 0.717) is 11.3 Å². The average Bonchev–Trinajstić information content (AvgIpc) is 2.37. The van der Waals surface area contributed by atoms with Crippen LogP contribution in [0.1, 0.15) is 39.2 Å². The van der Waals surface area contributed by atoms with Gasteiger partial charge in [-0.3, -0.25) is 9.59 Å².